The first kappa shape index (κ1) is 15.5. The smallest absolute Gasteiger partial charge is 0.311 e. The van der Waals surface area contributed by atoms with Gasteiger partial charge in [-0.2, -0.15) is 0 Å². The third-order valence-corrected chi connectivity index (χ3v) is 4.25. The average Bonchev–Trinajstić information content (AvgIpc) is 2.87. The Hall–Kier alpha value is -1.91. The lowest BCUT2D eigenvalue weighted by atomic mass is 9.83. The number of nitrogens with zero attached hydrogens (tertiary/aromatic N) is 1. The molecule has 0 bridgehead atoms. The van der Waals surface area contributed by atoms with E-state index in [9.17, 15) is 19.1 Å². The summed E-state index contributed by atoms with van der Waals surface area (Å²) in [5, 5.41) is 9.45. The van der Waals surface area contributed by atoms with Crippen LogP contribution in [0.25, 0.3) is 0 Å². The van der Waals surface area contributed by atoms with E-state index in [0.29, 0.717) is 24.9 Å². The van der Waals surface area contributed by atoms with E-state index in [4.69, 9.17) is 0 Å². The number of carboxylic acid groups (broad SMARTS) is 1. The molecule has 1 N–H and O–H groups in total. The predicted molar refractivity (Wildman–Crippen MR) is 76.6 cm³/mol. The van der Waals surface area contributed by atoms with Crippen molar-refractivity contribution >= 4 is 11.9 Å². The Morgan fingerprint density at radius 1 is 1.43 bits per heavy atom. The summed E-state index contributed by atoms with van der Waals surface area (Å²) in [6.45, 7) is 4.05. The van der Waals surface area contributed by atoms with Crippen LogP contribution in [0.2, 0.25) is 0 Å². The molecular weight excluding hydrogens is 273 g/mol. The third kappa shape index (κ3) is 2.77. The molecule has 1 aromatic rings. The Morgan fingerprint density at radius 3 is 2.76 bits per heavy atom. The summed E-state index contributed by atoms with van der Waals surface area (Å²) in [6, 6.07) is 4.69. The monoisotopic (exact) mass is 293 g/mol. The van der Waals surface area contributed by atoms with E-state index in [1.54, 1.807) is 19.1 Å². The Kier molecular flexibility index (Phi) is 4.30. The summed E-state index contributed by atoms with van der Waals surface area (Å²) < 4.78 is 14.0. The second-order valence-electron chi connectivity index (χ2n) is 5.75. The summed E-state index contributed by atoms with van der Waals surface area (Å²) >= 11 is 0. The molecule has 1 aliphatic rings. The van der Waals surface area contributed by atoms with Gasteiger partial charge < -0.3 is 10.0 Å². The van der Waals surface area contributed by atoms with E-state index in [1.807, 2.05) is 6.92 Å². The maximum atomic E-state index is 14.0. The van der Waals surface area contributed by atoms with Crippen molar-refractivity contribution in [3.05, 3.63) is 35.1 Å². The van der Waals surface area contributed by atoms with Crippen LogP contribution in [0.15, 0.2) is 18.2 Å². The predicted octanol–water partition coefficient (Wildman–Crippen LogP) is 2.85. The molecule has 5 heteroatoms. The Bertz CT molecular complexity index is 573. The van der Waals surface area contributed by atoms with Crippen molar-refractivity contribution in [2.24, 2.45) is 5.41 Å². The second-order valence-corrected chi connectivity index (χ2v) is 5.75. The van der Waals surface area contributed by atoms with Gasteiger partial charge in [0, 0.05) is 13.1 Å². The van der Waals surface area contributed by atoms with Crippen LogP contribution in [-0.4, -0.2) is 35.0 Å². The van der Waals surface area contributed by atoms with E-state index < -0.39 is 23.1 Å². The molecule has 1 heterocycles. The average molecular weight is 293 g/mol. The van der Waals surface area contributed by atoms with Gasteiger partial charge in [-0.15, -0.1) is 0 Å². The number of likely N-dealkylation sites (tertiary alicyclic amines) is 1. The highest BCUT2D eigenvalue weighted by molar-refractivity contribution is 5.95. The number of hydrogen-bond donors (Lipinski definition) is 1. The second kappa shape index (κ2) is 5.84. The molecule has 0 spiro atoms. The Labute approximate surface area is 123 Å². The number of halogens is 1. The van der Waals surface area contributed by atoms with Gasteiger partial charge in [0.2, 0.25) is 0 Å². The summed E-state index contributed by atoms with van der Waals surface area (Å²) in [4.78, 5) is 25.4. The molecule has 21 heavy (non-hydrogen) atoms. The minimum absolute atomic E-state index is 0.0210. The summed E-state index contributed by atoms with van der Waals surface area (Å²) in [7, 11) is 0. The van der Waals surface area contributed by atoms with Crippen LogP contribution in [-0.2, 0) is 4.79 Å². The lowest BCUT2D eigenvalue weighted by Gasteiger charge is -2.24. The first-order valence-electron chi connectivity index (χ1n) is 7.19. The molecule has 0 aliphatic carbocycles. The minimum Gasteiger partial charge on any atom is -0.481 e. The molecule has 4 nitrogen and oxygen atoms in total. The van der Waals surface area contributed by atoms with Crippen molar-refractivity contribution < 1.29 is 19.1 Å². The number of amides is 1. The van der Waals surface area contributed by atoms with Crippen LogP contribution in [0.1, 0.15) is 42.1 Å². The zero-order valence-electron chi connectivity index (χ0n) is 12.4. The van der Waals surface area contributed by atoms with Crippen LogP contribution in [0.3, 0.4) is 0 Å². The van der Waals surface area contributed by atoms with E-state index in [0.717, 1.165) is 6.42 Å². The zero-order valence-corrected chi connectivity index (χ0v) is 12.4. The molecule has 0 radical (unpaired) electrons. The molecule has 114 valence electrons. The number of carboxylic acids is 1. The molecule has 1 amide bonds. The maximum Gasteiger partial charge on any atom is 0.311 e. The lowest BCUT2D eigenvalue weighted by molar-refractivity contribution is -0.148. The van der Waals surface area contributed by atoms with Crippen LogP contribution in [0.5, 0.6) is 0 Å². The van der Waals surface area contributed by atoms with E-state index in [-0.39, 0.29) is 12.1 Å². The number of carbonyl (C=O) groups excluding carboxylic acids is 1. The highest BCUT2D eigenvalue weighted by Crippen LogP contribution is 2.36. The number of rotatable bonds is 4. The fourth-order valence-corrected chi connectivity index (χ4v) is 2.99. The fraction of sp³-hybridized carbons (Fsp3) is 0.500. The van der Waals surface area contributed by atoms with Gasteiger partial charge in [-0.25, -0.2) is 4.39 Å². The summed E-state index contributed by atoms with van der Waals surface area (Å²) in [5.74, 6) is -1.81. The zero-order chi connectivity index (χ0) is 15.6. The highest BCUT2D eigenvalue weighted by Gasteiger charge is 2.45. The first-order chi connectivity index (χ1) is 9.91. The van der Waals surface area contributed by atoms with Gasteiger partial charge in [0.15, 0.2) is 0 Å². The maximum absolute atomic E-state index is 14.0. The van der Waals surface area contributed by atoms with Gasteiger partial charge in [-0.3, -0.25) is 9.59 Å². The molecule has 0 aromatic heterocycles. The van der Waals surface area contributed by atoms with Crippen molar-refractivity contribution in [1.29, 1.82) is 0 Å². The number of hydrogen-bond acceptors (Lipinski definition) is 2. The molecule has 1 unspecified atom stereocenters. The third-order valence-electron chi connectivity index (χ3n) is 4.25. The minimum atomic E-state index is -0.884. The number of aryl methyl sites for hydroxylation is 1. The normalized spacial score (nSPS) is 21.6. The fourth-order valence-electron chi connectivity index (χ4n) is 2.99. The lowest BCUT2D eigenvalue weighted by Crippen LogP contribution is -2.37. The Morgan fingerprint density at radius 2 is 2.14 bits per heavy atom. The molecule has 1 atom stereocenters. The standard InChI is InChI=1S/C16H20FNO3/c1-3-7-16(15(20)21)8-9-18(10-16)14(19)12-6-4-5-11(2)13(12)17/h4-6H,3,7-10H2,1-2H3,(H,20,21). The molecule has 1 aromatic carbocycles. The highest BCUT2D eigenvalue weighted by atomic mass is 19.1. The van der Waals surface area contributed by atoms with Crippen LogP contribution in [0, 0.1) is 18.2 Å². The first-order valence-corrected chi connectivity index (χ1v) is 7.19. The van der Waals surface area contributed by atoms with Gasteiger partial charge >= 0.3 is 5.97 Å². The van der Waals surface area contributed by atoms with E-state index in [2.05, 4.69) is 0 Å². The molecular formula is C16H20FNO3. The number of aliphatic carboxylic acids is 1. The Balaban J connectivity index is 2.23. The summed E-state index contributed by atoms with van der Waals surface area (Å²) in [5.41, 5.74) is -0.448. The molecule has 1 saturated heterocycles. The molecule has 2 rings (SSSR count). The van der Waals surface area contributed by atoms with Gasteiger partial charge in [0.1, 0.15) is 5.82 Å². The topological polar surface area (TPSA) is 57.6 Å². The van der Waals surface area contributed by atoms with Crippen molar-refractivity contribution in [2.45, 2.75) is 33.1 Å². The summed E-state index contributed by atoms with van der Waals surface area (Å²) in [6.07, 6.45) is 1.70. The van der Waals surface area contributed by atoms with Gasteiger partial charge in [0.25, 0.3) is 5.91 Å². The van der Waals surface area contributed by atoms with E-state index >= 15 is 0 Å². The van der Waals surface area contributed by atoms with Crippen molar-refractivity contribution in [3.63, 3.8) is 0 Å². The molecule has 1 aliphatic heterocycles. The molecule has 0 saturated carbocycles. The van der Waals surface area contributed by atoms with Gasteiger partial charge in [-0.1, -0.05) is 25.5 Å². The quantitative estimate of drug-likeness (QED) is 0.928. The SMILES string of the molecule is CCCC1(C(=O)O)CCN(C(=O)c2cccc(C)c2F)C1. The molecule has 1 fully saturated rings. The number of benzene rings is 1. The van der Waals surface area contributed by atoms with Gasteiger partial charge in [-0.05, 0) is 31.4 Å². The van der Waals surface area contributed by atoms with Crippen LogP contribution >= 0.6 is 0 Å². The van der Waals surface area contributed by atoms with Crippen molar-refractivity contribution in [2.75, 3.05) is 13.1 Å². The van der Waals surface area contributed by atoms with Crippen molar-refractivity contribution in [3.8, 4) is 0 Å². The van der Waals surface area contributed by atoms with Crippen LogP contribution < -0.4 is 0 Å². The van der Waals surface area contributed by atoms with Crippen molar-refractivity contribution in [1.82, 2.24) is 4.90 Å². The largest absolute Gasteiger partial charge is 0.481 e. The number of carbonyl (C=O) groups is 2. The van der Waals surface area contributed by atoms with Crippen LogP contribution in [0.4, 0.5) is 4.39 Å². The van der Waals surface area contributed by atoms with Gasteiger partial charge in [0.05, 0.1) is 11.0 Å². The van der Waals surface area contributed by atoms with E-state index in [1.165, 1.54) is 11.0 Å².